The van der Waals surface area contributed by atoms with Gasteiger partial charge in [0.1, 0.15) is 11.8 Å². The monoisotopic (exact) mass is 132 g/mol. The highest BCUT2D eigenvalue weighted by Gasteiger charge is 2.62. The van der Waals surface area contributed by atoms with Gasteiger partial charge in [-0.25, -0.2) is 8.78 Å². The van der Waals surface area contributed by atoms with Gasteiger partial charge in [-0.1, -0.05) is 6.42 Å². The summed E-state index contributed by atoms with van der Waals surface area (Å²) in [6.07, 6.45) is 1.60. The molecule has 2 aliphatic carbocycles. The van der Waals surface area contributed by atoms with Crippen molar-refractivity contribution in [1.29, 1.82) is 0 Å². The zero-order valence-corrected chi connectivity index (χ0v) is 5.24. The van der Waals surface area contributed by atoms with Crippen molar-refractivity contribution in [1.82, 2.24) is 0 Å². The smallest absolute Gasteiger partial charge is 0.145 e. The van der Waals surface area contributed by atoms with Crippen LogP contribution in [0, 0.1) is 5.92 Å². The van der Waals surface area contributed by atoms with Crippen LogP contribution in [-0.2, 0) is 0 Å². The number of fused-ring (bicyclic) bond motifs is 1. The number of alkyl halides is 2. The summed E-state index contributed by atoms with van der Waals surface area (Å²) in [6, 6.07) is 0. The third-order valence-corrected chi connectivity index (χ3v) is 2.61. The van der Waals surface area contributed by atoms with Gasteiger partial charge >= 0.3 is 0 Å². The van der Waals surface area contributed by atoms with Gasteiger partial charge < -0.3 is 0 Å². The predicted octanol–water partition coefficient (Wildman–Crippen LogP) is 2.24. The molecule has 0 aromatic carbocycles. The molecule has 9 heavy (non-hydrogen) atoms. The van der Waals surface area contributed by atoms with Crippen molar-refractivity contribution in [3.8, 4) is 0 Å². The number of rotatable bonds is 0. The van der Waals surface area contributed by atoms with E-state index < -0.39 is 11.8 Å². The van der Waals surface area contributed by atoms with E-state index in [2.05, 4.69) is 0 Å². The molecule has 2 aliphatic rings. The first-order valence-electron chi connectivity index (χ1n) is 3.56. The first-order chi connectivity index (χ1) is 4.23. The summed E-state index contributed by atoms with van der Waals surface area (Å²) in [4.78, 5) is 0. The van der Waals surface area contributed by atoms with Crippen LogP contribution >= 0.6 is 0 Å². The highest BCUT2D eigenvalue weighted by molar-refractivity contribution is 5.11. The van der Waals surface area contributed by atoms with E-state index >= 15 is 0 Å². The molecule has 2 heteroatoms. The Bertz CT molecular complexity index is 135. The largest absolute Gasteiger partial charge is 0.244 e. The van der Waals surface area contributed by atoms with Crippen molar-refractivity contribution < 1.29 is 8.78 Å². The first-order valence-corrected chi connectivity index (χ1v) is 3.56. The molecule has 3 atom stereocenters. The van der Waals surface area contributed by atoms with Crippen molar-refractivity contribution in [3.63, 3.8) is 0 Å². The van der Waals surface area contributed by atoms with Gasteiger partial charge in [-0.2, -0.15) is 0 Å². The number of halogens is 2. The average molecular weight is 132 g/mol. The summed E-state index contributed by atoms with van der Waals surface area (Å²) in [5.41, 5.74) is -1.36. The fourth-order valence-corrected chi connectivity index (χ4v) is 1.83. The second kappa shape index (κ2) is 1.47. The van der Waals surface area contributed by atoms with Gasteiger partial charge in [-0.05, 0) is 25.2 Å². The lowest BCUT2D eigenvalue weighted by Gasteiger charge is -2.17. The quantitative estimate of drug-likeness (QED) is 0.474. The molecule has 0 aliphatic heterocycles. The van der Waals surface area contributed by atoms with Crippen LogP contribution in [0.15, 0.2) is 0 Å². The van der Waals surface area contributed by atoms with Gasteiger partial charge in [0.25, 0.3) is 0 Å². The second-order valence-electron chi connectivity index (χ2n) is 3.23. The van der Waals surface area contributed by atoms with Crippen LogP contribution in [0.1, 0.15) is 25.7 Å². The zero-order valence-electron chi connectivity index (χ0n) is 5.24. The van der Waals surface area contributed by atoms with E-state index in [0.29, 0.717) is 12.8 Å². The molecule has 0 spiro atoms. The van der Waals surface area contributed by atoms with Crippen LogP contribution in [0.2, 0.25) is 0 Å². The van der Waals surface area contributed by atoms with Gasteiger partial charge in [0.05, 0.1) is 0 Å². The lowest BCUT2D eigenvalue weighted by atomic mass is 9.97. The van der Waals surface area contributed by atoms with E-state index in [-0.39, 0.29) is 5.92 Å². The molecule has 2 fully saturated rings. The Kier molecular flexibility index (Phi) is 0.920. The molecular formula is C7H10F2. The van der Waals surface area contributed by atoms with E-state index in [9.17, 15) is 8.78 Å². The average Bonchev–Trinajstić information content (AvgIpc) is 2.44. The van der Waals surface area contributed by atoms with E-state index in [1.54, 1.807) is 0 Å². The molecule has 0 heterocycles. The summed E-state index contributed by atoms with van der Waals surface area (Å²) in [7, 11) is 0. The molecule has 0 radical (unpaired) electrons. The van der Waals surface area contributed by atoms with Crippen LogP contribution < -0.4 is 0 Å². The summed E-state index contributed by atoms with van der Waals surface area (Å²) in [5.74, 6) is 0.0845. The maximum Gasteiger partial charge on any atom is 0.145 e. The SMILES string of the molecule is FC1CCCC2CC12F. The molecular weight excluding hydrogens is 122 g/mol. The molecule has 0 aromatic rings. The second-order valence-corrected chi connectivity index (χ2v) is 3.23. The van der Waals surface area contributed by atoms with Crippen LogP contribution in [-0.4, -0.2) is 11.8 Å². The van der Waals surface area contributed by atoms with Crippen LogP contribution in [0.5, 0.6) is 0 Å². The first kappa shape index (κ1) is 5.63. The van der Waals surface area contributed by atoms with Gasteiger partial charge in [0.2, 0.25) is 0 Å². The topological polar surface area (TPSA) is 0 Å². The zero-order chi connectivity index (χ0) is 6.48. The molecule has 2 saturated carbocycles. The number of hydrogen-bond acceptors (Lipinski definition) is 0. The summed E-state index contributed by atoms with van der Waals surface area (Å²) >= 11 is 0. The Labute approximate surface area is 53.2 Å². The Balaban J connectivity index is 2.10. The van der Waals surface area contributed by atoms with Crippen molar-refractivity contribution >= 4 is 0 Å². The molecule has 3 unspecified atom stereocenters. The molecule has 0 nitrogen and oxygen atoms in total. The fraction of sp³-hybridized carbons (Fsp3) is 1.00. The Morgan fingerprint density at radius 2 is 2.11 bits per heavy atom. The van der Waals surface area contributed by atoms with E-state index in [0.717, 1.165) is 12.8 Å². The number of hydrogen-bond donors (Lipinski definition) is 0. The molecule has 0 N–H and O–H groups in total. The summed E-state index contributed by atoms with van der Waals surface area (Å²) < 4.78 is 25.6. The Hall–Kier alpha value is -0.140. The van der Waals surface area contributed by atoms with Crippen molar-refractivity contribution in [2.75, 3.05) is 0 Å². The van der Waals surface area contributed by atoms with Gasteiger partial charge in [-0.3, -0.25) is 0 Å². The van der Waals surface area contributed by atoms with E-state index in [1.165, 1.54) is 0 Å². The van der Waals surface area contributed by atoms with Crippen molar-refractivity contribution in [2.45, 2.75) is 37.5 Å². The van der Waals surface area contributed by atoms with Crippen molar-refractivity contribution in [2.24, 2.45) is 5.92 Å². The summed E-state index contributed by atoms with van der Waals surface area (Å²) in [6.45, 7) is 0. The fourth-order valence-electron chi connectivity index (χ4n) is 1.83. The summed E-state index contributed by atoms with van der Waals surface area (Å²) in [5, 5.41) is 0. The maximum absolute atomic E-state index is 13.0. The molecule has 2 rings (SSSR count). The molecule has 52 valence electrons. The van der Waals surface area contributed by atoms with E-state index in [4.69, 9.17) is 0 Å². The molecule has 0 saturated heterocycles. The standard InChI is InChI=1S/C7H10F2/c8-6-3-1-2-5-4-7(5,6)9/h5-6H,1-4H2. The van der Waals surface area contributed by atoms with Crippen LogP contribution in [0.25, 0.3) is 0 Å². The van der Waals surface area contributed by atoms with Crippen LogP contribution in [0.4, 0.5) is 8.78 Å². The predicted molar refractivity (Wildman–Crippen MR) is 30.7 cm³/mol. The Morgan fingerprint density at radius 3 is 2.67 bits per heavy atom. The lowest BCUT2D eigenvalue weighted by Crippen LogP contribution is -2.24. The van der Waals surface area contributed by atoms with Gasteiger partial charge in [-0.15, -0.1) is 0 Å². The third-order valence-electron chi connectivity index (χ3n) is 2.61. The highest BCUT2D eigenvalue weighted by Crippen LogP contribution is 2.57. The minimum Gasteiger partial charge on any atom is -0.244 e. The lowest BCUT2D eigenvalue weighted by molar-refractivity contribution is 0.0979. The minimum atomic E-state index is -1.36. The molecule has 0 aromatic heterocycles. The maximum atomic E-state index is 13.0. The molecule has 0 bridgehead atoms. The normalized spacial score (nSPS) is 56.7. The van der Waals surface area contributed by atoms with Gasteiger partial charge in [0.15, 0.2) is 0 Å². The Morgan fingerprint density at radius 1 is 1.33 bits per heavy atom. The third kappa shape index (κ3) is 0.620. The molecule has 0 amide bonds. The van der Waals surface area contributed by atoms with Gasteiger partial charge in [0, 0.05) is 0 Å². The van der Waals surface area contributed by atoms with Crippen LogP contribution in [0.3, 0.4) is 0 Å². The van der Waals surface area contributed by atoms with E-state index in [1.807, 2.05) is 0 Å². The highest BCUT2D eigenvalue weighted by atomic mass is 19.2. The van der Waals surface area contributed by atoms with Crippen molar-refractivity contribution in [3.05, 3.63) is 0 Å². The minimum absolute atomic E-state index is 0.0845.